The number of rotatable bonds is 0. The second-order valence-corrected chi connectivity index (χ2v) is 1.59. The van der Waals surface area contributed by atoms with Gasteiger partial charge in [0.25, 0.3) is 0 Å². The molecule has 2 unspecified atom stereocenters. The topological polar surface area (TPSA) is 38.9 Å². The number of pyridine rings is 1. The molecular formula is C7H10N2P2. The summed E-state index contributed by atoms with van der Waals surface area (Å²) in [5.41, 5.74) is 6.49. The van der Waals surface area contributed by atoms with E-state index in [1.54, 1.807) is 18.3 Å². The molecule has 2 nitrogen and oxygen atoms in total. The molecule has 1 aromatic rings. The van der Waals surface area contributed by atoms with Gasteiger partial charge in [-0.3, -0.25) is 0 Å². The van der Waals surface area contributed by atoms with Gasteiger partial charge in [0.1, 0.15) is 5.69 Å². The van der Waals surface area contributed by atoms with Gasteiger partial charge in [-0.25, -0.2) is 4.98 Å². The van der Waals surface area contributed by atoms with Crippen molar-refractivity contribution >= 4 is 23.5 Å². The van der Waals surface area contributed by atoms with Gasteiger partial charge in [0.15, 0.2) is 0 Å². The van der Waals surface area contributed by atoms with Crippen LogP contribution in [-0.2, 0) is 0 Å². The van der Waals surface area contributed by atoms with Gasteiger partial charge in [0.05, 0.1) is 5.69 Å². The third-order valence-electron chi connectivity index (χ3n) is 0.976. The molecule has 0 aliphatic heterocycles. The monoisotopic (exact) mass is 184 g/mol. The molecule has 0 saturated heterocycles. The summed E-state index contributed by atoms with van der Waals surface area (Å²) in [6.07, 6.45) is 6.67. The lowest BCUT2D eigenvalue weighted by molar-refractivity contribution is 1.29. The number of nitrogens with two attached hydrogens (primary N) is 1. The minimum atomic E-state index is 0.512. The number of anilines is 1. The molecule has 2 N–H and O–H groups in total. The Kier molecular flexibility index (Phi) is 5.75. The van der Waals surface area contributed by atoms with Gasteiger partial charge in [-0.15, -0.1) is 24.3 Å². The second-order valence-electron chi connectivity index (χ2n) is 1.59. The molecule has 2 atom stereocenters. The molecule has 0 aliphatic carbocycles. The molecule has 11 heavy (non-hydrogen) atoms. The van der Waals surface area contributed by atoms with Crippen LogP contribution >= 0.6 is 17.9 Å². The van der Waals surface area contributed by atoms with Crippen molar-refractivity contribution in [1.82, 2.24) is 4.98 Å². The van der Waals surface area contributed by atoms with Crippen molar-refractivity contribution in [2.45, 2.75) is 0 Å². The SMILES string of the molecule is C#Cc1ncccc1N.PP. The molecule has 0 aliphatic rings. The normalized spacial score (nSPS) is 7.36. The molecule has 0 aromatic carbocycles. The maximum Gasteiger partial charge on any atom is 0.135 e. The van der Waals surface area contributed by atoms with Crippen LogP contribution in [0, 0.1) is 12.3 Å². The Hall–Kier alpha value is -0.630. The average molecular weight is 184 g/mol. The van der Waals surface area contributed by atoms with E-state index in [2.05, 4.69) is 28.8 Å². The van der Waals surface area contributed by atoms with E-state index in [0.29, 0.717) is 11.4 Å². The van der Waals surface area contributed by atoms with Gasteiger partial charge in [-0.1, -0.05) is 0 Å². The third kappa shape index (κ3) is 3.33. The first-order valence-corrected chi connectivity index (χ1v) is 5.51. The zero-order chi connectivity index (χ0) is 8.69. The van der Waals surface area contributed by atoms with Crippen LogP contribution in [0.4, 0.5) is 5.69 Å². The Morgan fingerprint density at radius 3 is 2.55 bits per heavy atom. The first kappa shape index (κ1) is 10.4. The predicted molar refractivity (Wildman–Crippen MR) is 56.0 cm³/mol. The smallest absolute Gasteiger partial charge is 0.135 e. The largest absolute Gasteiger partial charge is 0.396 e. The fourth-order valence-corrected chi connectivity index (χ4v) is 0.538. The van der Waals surface area contributed by atoms with Crippen LogP contribution in [0.25, 0.3) is 0 Å². The van der Waals surface area contributed by atoms with E-state index in [4.69, 9.17) is 12.2 Å². The summed E-state index contributed by atoms with van der Waals surface area (Å²) in [5.74, 6) is 2.36. The van der Waals surface area contributed by atoms with Gasteiger partial charge in [0.2, 0.25) is 0 Å². The summed E-state index contributed by atoms with van der Waals surface area (Å²) >= 11 is 0. The highest BCUT2D eigenvalue weighted by molar-refractivity contribution is 7.92. The molecule has 1 heterocycles. The standard InChI is InChI=1S/C7H6N2.H4P2/c1-2-7-6(8)4-3-5-9-7;1-2/h1,3-5H,8H2;1-2H2. The molecular weight excluding hydrogens is 174 g/mol. The molecule has 0 spiro atoms. The Balaban J connectivity index is 0.000000461. The lowest BCUT2D eigenvalue weighted by Crippen LogP contribution is -1.91. The number of aromatic nitrogens is 1. The number of hydrogen-bond donors (Lipinski definition) is 1. The van der Waals surface area contributed by atoms with Gasteiger partial charge >= 0.3 is 0 Å². The molecule has 0 fully saturated rings. The Morgan fingerprint density at radius 2 is 2.18 bits per heavy atom. The number of terminal acetylenes is 1. The average Bonchev–Trinajstić information content (AvgIpc) is 2.09. The maximum atomic E-state index is 5.43. The Morgan fingerprint density at radius 1 is 1.55 bits per heavy atom. The van der Waals surface area contributed by atoms with Crippen molar-refractivity contribution in [3.05, 3.63) is 24.0 Å². The molecule has 4 heteroatoms. The molecule has 1 rings (SSSR count). The highest BCUT2D eigenvalue weighted by Gasteiger charge is 1.90. The van der Waals surface area contributed by atoms with Gasteiger partial charge in [-0.05, 0) is 18.1 Å². The Labute approximate surface area is 71.3 Å². The first-order valence-electron chi connectivity index (χ1n) is 2.85. The lowest BCUT2D eigenvalue weighted by Gasteiger charge is -1.92. The summed E-state index contributed by atoms with van der Waals surface area (Å²) in [7, 11) is 4.67. The van der Waals surface area contributed by atoms with E-state index >= 15 is 0 Å². The highest BCUT2D eigenvalue weighted by Crippen LogP contribution is 2.03. The van der Waals surface area contributed by atoms with Gasteiger partial charge in [0, 0.05) is 6.20 Å². The summed E-state index contributed by atoms with van der Waals surface area (Å²) in [6.45, 7) is 0. The Bertz CT molecular complexity index is 255. The quantitative estimate of drug-likeness (QED) is 0.487. The summed E-state index contributed by atoms with van der Waals surface area (Å²) in [5, 5.41) is 0. The molecule has 0 amide bonds. The zero-order valence-electron chi connectivity index (χ0n) is 5.99. The third-order valence-corrected chi connectivity index (χ3v) is 0.976. The van der Waals surface area contributed by atoms with Gasteiger partial charge in [-0.2, -0.15) is 0 Å². The van der Waals surface area contributed by atoms with E-state index in [1.165, 1.54) is 0 Å². The first-order chi connectivity index (χ1) is 5.34. The van der Waals surface area contributed by atoms with Crippen molar-refractivity contribution in [1.29, 1.82) is 0 Å². The second kappa shape index (κ2) is 6.10. The highest BCUT2D eigenvalue weighted by atomic mass is 32.0. The van der Waals surface area contributed by atoms with E-state index in [1.807, 2.05) is 0 Å². The lowest BCUT2D eigenvalue weighted by atomic mass is 10.3. The number of hydrogen-bond acceptors (Lipinski definition) is 2. The van der Waals surface area contributed by atoms with Crippen LogP contribution in [0.3, 0.4) is 0 Å². The maximum absolute atomic E-state index is 5.43. The number of nitrogens with zero attached hydrogens (tertiary/aromatic N) is 1. The van der Waals surface area contributed by atoms with E-state index in [9.17, 15) is 0 Å². The molecule has 1 aromatic heterocycles. The molecule has 0 radical (unpaired) electrons. The summed E-state index contributed by atoms with van der Waals surface area (Å²) in [4.78, 5) is 3.84. The van der Waals surface area contributed by atoms with E-state index in [0.717, 1.165) is 0 Å². The minimum Gasteiger partial charge on any atom is -0.396 e. The fourth-order valence-electron chi connectivity index (χ4n) is 0.538. The van der Waals surface area contributed by atoms with Crippen LogP contribution in [0.1, 0.15) is 5.69 Å². The fraction of sp³-hybridized carbons (Fsp3) is 0. The number of nitrogen functional groups attached to an aromatic ring is 1. The zero-order valence-corrected chi connectivity index (χ0v) is 8.30. The van der Waals surface area contributed by atoms with Crippen LogP contribution in [0.5, 0.6) is 0 Å². The molecule has 58 valence electrons. The van der Waals surface area contributed by atoms with E-state index < -0.39 is 0 Å². The van der Waals surface area contributed by atoms with Gasteiger partial charge < -0.3 is 5.73 Å². The van der Waals surface area contributed by atoms with Crippen molar-refractivity contribution in [2.75, 3.05) is 5.73 Å². The van der Waals surface area contributed by atoms with E-state index in [-0.39, 0.29) is 0 Å². The van der Waals surface area contributed by atoms with Crippen molar-refractivity contribution in [2.24, 2.45) is 0 Å². The van der Waals surface area contributed by atoms with Crippen LogP contribution in [-0.4, -0.2) is 4.98 Å². The molecule has 0 bridgehead atoms. The molecule has 0 saturated carbocycles. The summed E-state index contributed by atoms with van der Waals surface area (Å²) in [6, 6.07) is 3.47. The minimum absolute atomic E-state index is 0.512. The van der Waals surface area contributed by atoms with Crippen LogP contribution in [0.15, 0.2) is 18.3 Å². The van der Waals surface area contributed by atoms with Crippen LogP contribution < -0.4 is 5.73 Å². The van der Waals surface area contributed by atoms with Crippen molar-refractivity contribution < 1.29 is 0 Å². The van der Waals surface area contributed by atoms with Crippen molar-refractivity contribution in [3.63, 3.8) is 0 Å². The van der Waals surface area contributed by atoms with Crippen molar-refractivity contribution in [3.8, 4) is 12.3 Å². The summed E-state index contributed by atoms with van der Waals surface area (Å²) < 4.78 is 0. The predicted octanol–water partition coefficient (Wildman–Crippen LogP) is 1.30. The van der Waals surface area contributed by atoms with Crippen LogP contribution in [0.2, 0.25) is 0 Å².